The topological polar surface area (TPSA) is 38.9 Å². The third kappa shape index (κ3) is 1.89. The molecule has 2 N–H and O–H groups in total. The molecule has 0 saturated carbocycles. The van der Waals surface area contributed by atoms with Crippen molar-refractivity contribution in [3.05, 3.63) is 28.5 Å². The molecular weight excluding hydrogens is 186 g/mol. The number of alkyl halides is 2. The van der Waals surface area contributed by atoms with E-state index in [0.717, 1.165) is 0 Å². The van der Waals surface area contributed by atoms with Crippen molar-refractivity contribution in [1.29, 1.82) is 0 Å². The molecule has 2 nitrogen and oxygen atoms in total. The summed E-state index contributed by atoms with van der Waals surface area (Å²) >= 11 is 5.43. The Morgan fingerprint density at radius 1 is 1.50 bits per heavy atom. The van der Waals surface area contributed by atoms with E-state index in [1.807, 2.05) is 0 Å². The Labute approximate surface area is 73.4 Å². The molecule has 5 heteroatoms. The maximum Gasteiger partial charge on any atom is 0.280 e. The predicted molar refractivity (Wildman–Crippen MR) is 42.1 cm³/mol. The van der Waals surface area contributed by atoms with Gasteiger partial charge in [-0.15, -0.1) is 0 Å². The molecule has 0 spiro atoms. The Balaban J connectivity index is 3.12. The standard InChI is InChI=1S/C7H7ClF2N2/c8-5-2-1-4(3-11)6(12-5)7(9)10/h1-2,7H,3,11H2. The summed E-state index contributed by atoms with van der Waals surface area (Å²) < 4.78 is 24.4. The average Bonchev–Trinajstić information content (AvgIpc) is 2.04. The molecule has 0 amide bonds. The van der Waals surface area contributed by atoms with Crippen molar-refractivity contribution in [1.82, 2.24) is 4.98 Å². The molecule has 0 bridgehead atoms. The first kappa shape index (κ1) is 9.35. The Bertz CT molecular complexity index is 278. The number of halogens is 3. The lowest BCUT2D eigenvalue weighted by molar-refractivity contribution is 0.145. The van der Waals surface area contributed by atoms with Gasteiger partial charge in [-0.2, -0.15) is 0 Å². The zero-order chi connectivity index (χ0) is 9.14. The van der Waals surface area contributed by atoms with E-state index in [1.165, 1.54) is 12.1 Å². The van der Waals surface area contributed by atoms with Gasteiger partial charge in [0.25, 0.3) is 6.43 Å². The third-order valence-corrected chi connectivity index (χ3v) is 1.62. The van der Waals surface area contributed by atoms with Crippen LogP contribution in [0, 0.1) is 0 Å². The van der Waals surface area contributed by atoms with Crippen LogP contribution in [0.25, 0.3) is 0 Å². The van der Waals surface area contributed by atoms with Crippen LogP contribution in [-0.4, -0.2) is 4.98 Å². The summed E-state index contributed by atoms with van der Waals surface area (Å²) in [5, 5.41) is 0.0579. The molecule has 1 rings (SSSR count). The number of nitrogens with zero attached hydrogens (tertiary/aromatic N) is 1. The van der Waals surface area contributed by atoms with Crippen LogP contribution >= 0.6 is 11.6 Å². The van der Waals surface area contributed by atoms with Crippen LogP contribution < -0.4 is 5.73 Å². The van der Waals surface area contributed by atoms with Crippen LogP contribution in [0.1, 0.15) is 17.7 Å². The molecule has 0 aliphatic rings. The van der Waals surface area contributed by atoms with Gasteiger partial charge in [0.1, 0.15) is 10.8 Å². The SMILES string of the molecule is NCc1ccc(Cl)nc1C(F)F. The Morgan fingerprint density at radius 3 is 2.67 bits per heavy atom. The highest BCUT2D eigenvalue weighted by atomic mass is 35.5. The lowest BCUT2D eigenvalue weighted by Gasteiger charge is -2.04. The highest BCUT2D eigenvalue weighted by Crippen LogP contribution is 2.22. The van der Waals surface area contributed by atoms with Gasteiger partial charge in [0, 0.05) is 6.54 Å². The molecule has 0 aromatic carbocycles. The lowest BCUT2D eigenvalue weighted by atomic mass is 10.2. The van der Waals surface area contributed by atoms with Crippen LogP contribution in [0.15, 0.2) is 12.1 Å². The minimum atomic E-state index is -2.62. The van der Waals surface area contributed by atoms with Crippen molar-refractivity contribution in [2.45, 2.75) is 13.0 Å². The second kappa shape index (κ2) is 3.78. The van der Waals surface area contributed by atoms with Gasteiger partial charge in [0.15, 0.2) is 0 Å². The second-order valence-corrected chi connectivity index (χ2v) is 2.57. The van der Waals surface area contributed by atoms with E-state index in [2.05, 4.69) is 4.98 Å². The maximum atomic E-state index is 12.2. The maximum absolute atomic E-state index is 12.2. The summed E-state index contributed by atoms with van der Waals surface area (Å²) in [5.74, 6) is 0. The number of hydrogen-bond acceptors (Lipinski definition) is 2. The fourth-order valence-electron chi connectivity index (χ4n) is 0.840. The zero-order valence-electron chi connectivity index (χ0n) is 6.10. The smallest absolute Gasteiger partial charge is 0.280 e. The van der Waals surface area contributed by atoms with Crippen molar-refractivity contribution in [3.63, 3.8) is 0 Å². The van der Waals surface area contributed by atoms with Crippen LogP contribution in [-0.2, 0) is 6.54 Å². The summed E-state index contributed by atoms with van der Waals surface area (Å²) in [6.07, 6.45) is -2.62. The third-order valence-electron chi connectivity index (χ3n) is 1.40. The Morgan fingerprint density at radius 2 is 2.17 bits per heavy atom. The molecule has 0 atom stereocenters. The zero-order valence-corrected chi connectivity index (χ0v) is 6.85. The molecule has 1 heterocycles. The van der Waals surface area contributed by atoms with Crippen molar-refractivity contribution in [2.75, 3.05) is 0 Å². The van der Waals surface area contributed by atoms with Crippen LogP contribution in [0.3, 0.4) is 0 Å². The normalized spacial score (nSPS) is 10.8. The predicted octanol–water partition coefficient (Wildman–Crippen LogP) is 2.13. The number of nitrogens with two attached hydrogens (primary N) is 1. The molecule has 66 valence electrons. The van der Waals surface area contributed by atoms with Crippen molar-refractivity contribution >= 4 is 11.6 Å². The molecule has 0 radical (unpaired) electrons. The molecule has 0 aliphatic heterocycles. The monoisotopic (exact) mass is 192 g/mol. The van der Waals surface area contributed by atoms with Gasteiger partial charge in [-0.05, 0) is 11.6 Å². The first-order chi connectivity index (χ1) is 5.65. The molecule has 0 aliphatic carbocycles. The van der Waals surface area contributed by atoms with Crippen molar-refractivity contribution < 1.29 is 8.78 Å². The number of aromatic nitrogens is 1. The number of rotatable bonds is 2. The molecule has 1 aromatic heterocycles. The van der Waals surface area contributed by atoms with E-state index in [4.69, 9.17) is 17.3 Å². The van der Waals surface area contributed by atoms with Crippen LogP contribution in [0.5, 0.6) is 0 Å². The summed E-state index contributed by atoms with van der Waals surface area (Å²) in [4.78, 5) is 3.48. The van der Waals surface area contributed by atoms with E-state index in [1.54, 1.807) is 0 Å². The first-order valence-electron chi connectivity index (χ1n) is 3.28. The Hall–Kier alpha value is -0.740. The minimum absolute atomic E-state index is 0.0455. The summed E-state index contributed by atoms with van der Waals surface area (Å²) in [6.45, 7) is 0.0455. The first-order valence-corrected chi connectivity index (χ1v) is 3.66. The highest BCUT2D eigenvalue weighted by Gasteiger charge is 2.13. The van der Waals surface area contributed by atoms with Crippen LogP contribution in [0.4, 0.5) is 8.78 Å². The quantitative estimate of drug-likeness (QED) is 0.730. The van der Waals surface area contributed by atoms with Gasteiger partial charge in [0.2, 0.25) is 0 Å². The summed E-state index contributed by atoms with van der Waals surface area (Å²) in [5.41, 5.74) is 5.22. The van der Waals surface area contributed by atoms with Crippen molar-refractivity contribution in [3.8, 4) is 0 Å². The molecule has 1 aromatic rings. The minimum Gasteiger partial charge on any atom is -0.326 e. The molecule has 0 saturated heterocycles. The Kier molecular flexibility index (Phi) is 2.94. The second-order valence-electron chi connectivity index (χ2n) is 2.18. The lowest BCUT2D eigenvalue weighted by Crippen LogP contribution is -2.04. The number of hydrogen-bond donors (Lipinski definition) is 1. The van der Waals surface area contributed by atoms with Crippen LogP contribution in [0.2, 0.25) is 5.15 Å². The number of pyridine rings is 1. The highest BCUT2D eigenvalue weighted by molar-refractivity contribution is 6.29. The van der Waals surface area contributed by atoms with E-state index < -0.39 is 6.43 Å². The van der Waals surface area contributed by atoms with E-state index in [9.17, 15) is 8.78 Å². The van der Waals surface area contributed by atoms with Gasteiger partial charge in [-0.25, -0.2) is 13.8 Å². The van der Waals surface area contributed by atoms with E-state index in [-0.39, 0.29) is 17.4 Å². The summed E-state index contributed by atoms with van der Waals surface area (Å²) in [6, 6.07) is 2.90. The van der Waals surface area contributed by atoms with E-state index in [0.29, 0.717) is 5.56 Å². The van der Waals surface area contributed by atoms with Gasteiger partial charge >= 0.3 is 0 Å². The molecule has 12 heavy (non-hydrogen) atoms. The van der Waals surface area contributed by atoms with Crippen molar-refractivity contribution in [2.24, 2.45) is 5.73 Å². The fraction of sp³-hybridized carbons (Fsp3) is 0.286. The van der Waals surface area contributed by atoms with Gasteiger partial charge in [-0.1, -0.05) is 17.7 Å². The van der Waals surface area contributed by atoms with Gasteiger partial charge in [-0.3, -0.25) is 0 Å². The molecule has 0 fully saturated rings. The average molecular weight is 193 g/mol. The summed E-state index contributed by atoms with van der Waals surface area (Å²) in [7, 11) is 0. The van der Waals surface area contributed by atoms with Gasteiger partial charge < -0.3 is 5.73 Å². The molecular formula is C7H7ClF2N2. The van der Waals surface area contributed by atoms with Gasteiger partial charge in [0.05, 0.1) is 0 Å². The molecule has 0 unspecified atom stereocenters. The fourth-order valence-corrected chi connectivity index (χ4v) is 0.994. The largest absolute Gasteiger partial charge is 0.326 e. The van der Waals surface area contributed by atoms with E-state index >= 15 is 0 Å².